The maximum Gasteiger partial charge on any atom is 0.306 e. The van der Waals surface area contributed by atoms with Crippen molar-refractivity contribution >= 4 is 23.5 Å². The molecule has 2 N–H and O–H groups in total. The second kappa shape index (κ2) is 13.2. The molecule has 0 saturated heterocycles. The van der Waals surface area contributed by atoms with E-state index in [0.29, 0.717) is 29.8 Å². The zero-order chi connectivity index (χ0) is 26.8. The van der Waals surface area contributed by atoms with E-state index in [1.54, 1.807) is 18.2 Å². The van der Waals surface area contributed by atoms with Gasteiger partial charge in [0, 0.05) is 18.4 Å². The van der Waals surface area contributed by atoms with E-state index in [0.717, 1.165) is 0 Å². The summed E-state index contributed by atoms with van der Waals surface area (Å²) in [5.41, 5.74) is 7.15. The molecule has 0 saturated carbocycles. The van der Waals surface area contributed by atoms with Gasteiger partial charge in [-0.1, -0.05) is 26.0 Å². The normalized spacial score (nSPS) is 11.5. The largest absolute Gasteiger partial charge is 0.490 e. The Balaban J connectivity index is 1.70. The number of halogens is 1. The van der Waals surface area contributed by atoms with Gasteiger partial charge in [-0.15, -0.1) is 0 Å². The number of ketones is 1. The number of aromatic nitrogens is 2. The van der Waals surface area contributed by atoms with Crippen LogP contribution in [0.4, 0.5) is 10.2 Å². The zero-order valence-electron chi connectivity index (χ0n) is 20.8. The van der Waals surface area contributed by atoms with E-state index in [1.165, 1.54) is 41.2 Å². The first-order valence-electron chi connectivity index (χ1n) is 12.0. The van der Waals surface area contributed by atoms with Crippen LogP contribution in [0.1, 0.15) is 55.5 Å². The fourth-order valence-corrected chi connectivity index (χ4v) is 3.42. The molecule has 1 unspecified atom stereocenters. The summed E-state index contributed by atoms with van der Waals surface area (Å²) in [4.78, 5) is 36.9. The summed E-state index contributed by atoms with van der Waals surface area (Å²) in [6, 6.07) is 12.0. The standard InChI is InChI=1S/C27H30FN3O6/c1-3-6-24(32)36-17-22(37-25(33)7-4-2)16-35-21-9-5-8-18(14-21)26(34)23-15-30-31(27(23)29)20-12-10-19(28)11-13-20/h5,8-15,22H,3-4,6-7,16-17,29H2,1-2H3. The zero-order valence-corrected chi connectivity index (χ0v) is 20.8. The van der Waals surface area contributed by atoms with Crippen LogP contribution in [-0.4, -0.2) is 46.8 Å². The Bertz CT molecular complexity index is 1230. The van der Waals surface area contributed by atoms with Crippen molar-refractivity contribution in [2.24, 2.45) is 0 Å². The lowest BCUT2D eigenvalue weighted by atomic mass is 10.1. The van der Waals surface area contributed by atoms with Gasteiger partial charge in [0.05, 0.1) is 17.4 Å². The molecule has 0 bridgehead atoms. The number of nitrogens with zero attached hydrogens (tertiary/aromatic N) is 2. The molecule has 3 rings (SSSR count). The highest BCUT2D eigenvalue weighted by Gasteiger charge is 2.20. The van der Waals surface area contributed by atoms with Crippen LogP contribution in [0, 0.1) is 5.82 Å². The van der Waals surface area contributed by atoms with E-state index in [9.17, 15) is 18.8 Å². The molecule has 37 heavy (non-hydrogen) atoms. The summed E-state index contributed by atoms with van der Waals surface area (Å²) >= 11 is 0. The molecular formula is C27H30FN3O6. The van der Waals surface area contributed by atoms with Crippen molar-refractivity contribution in [3.8, 4) is 11.4 Å². The first-order chi connectivity index (χ1) is 17.8. The highest BCUT2D eigenvalue weighted by molar-refractivity contribution is 6.11. The third-order valence-corrected chi connectivity index (χ3v) is 5.29. The molecule has 0 amide bonds. The van der Waals surface area contributed by atoms with Crippen LogP contribution in [0.25, 0.3) is 5.69 Å². The Labute approximate surface area is 214 Å². The lowest BCUT2D eigenvalue weighted by molar-refractivity contribution is -0.160. The maximum absolute atomic E-state index is 13.2. The van der Waals surface area contributed by atoms with Crippen LogP contribution in [0.3, 0.4) is 0 Å². The molecule has 10 heteroatoms. The molecule has 9 nitrogen and oxygen atoms in total. The minimum atomic E-state index is -0.802. The predicted molar refractivity (Wildman–Crippen MR) is 134 cm³/mol. The minimum absolute atomic E-state index is 0.0723. The fourth-order valence-electron chi connectivity index (χ4n) is 3.42. The van der Waals surface area contributed by atoms with Crippen LogP contribution >= 0.6 is 0 Å². The molecule has 3 aromatic rings. The first-order valence-corrected chi connectivity index (χ1v) is 12.0. The minimum Gasteiger partial charge on any atom is -0.490 e. The topological polar surface area (TPSA) is 123 Å². The number of carbonyl (C=O) groups excluding carboxylic acids is 3. The number of nitrogens with two attached hydrogens (primary N) is 1. The lowest BCUT2D eigenvalue weighted by Crippen LogP contribution is -2.31. The van der Waals surface area contributed by atoms with Crippen molar-refractivity contribution in [2.75, 3.05) is 18.9 Å². The molecule has 1 heterocycles. The van der Waals surface area contributed by atoms with Crippen LogP contribution in [0.2, 0.25) is 0 Å². The quantitative estimate of drug-likeness (QED) is 0.267. The summed E-state index contributed by atoms with van der Waals surface area (Å²) in [5.74, 6) is -1.11. The first kappa shape index (κ1) is 27.4. The average molecular weight is 512 g/mol. The van der Waals surface area contributed by atoms with Gasteiger partial charge in [0.1, 0.15) is 30.6 Å². The van der Waals surface area contributed by atoms with Gasteiger partial charge in [-0.2, -0.15) is 5.10 Å². The van der Waals surface area contributed by atoms with Crippen LogP contribution in [-0.2, 0) is 19.1 Å². The molecule has 0 spiro atoms. The van der Waals surface area contributed by atoms with Crippen molar-refractivity contribution in [1.82, 2.24) is 9.78 Å². The van der Waals surface area contributed by atoms with E-state index in [1.807, 2.05) is 13.8 Å². The average Bonchev–Trinajstić information content (AvgIpc) is 3.27. The summed E-state index contributed by atoms with van der Waals surface area (Å²) in [7, 11) is 0. The number of benzene rings is 2. The molecule has 0 aliphatic carbocycles. The third kappa shape index (κ3) is 7.63. The molecule has 0 aliphatic rings. The molecular weight excluding hydrogens is 481 g/mol. The number of esters is 2. The van der Waals surface area contributed by atoms with Gasteiger partial charge in [-0.05, 0) is 49.2 Å². The number of nitrogen functional groups attached to an aromatic ring is 1. The molecule has 196 valence electrons. The number of hydrogen-bond donors (Lipinski definition) is 1. The van der Waals surface area contributed by atoms with Gasteiger partial charge in [-0.3, -0.25) is 14.4 Å². The smallest absolute Gasteiger partial charge is 0.306 e. The van der Waals surface area contributed by atoms with Crippen molar-refractivity contribution in [1.29, 1.82) is 0 Å². The summed E-state index contributed by atoms with van der Waals surface area (Å²) in [5, 5.41) is 4.16. The van der Waals surface area contributed by atoms with Crippen molar-refractivity contribution < 1.29 is 33.0 Å². The summed E-state index contributed by atoms with van der Waals surface area (Å²) < 4.78 is 31.0. The highest BCUT2D eigenvalue weighted by Crippen LogP contribution is 2.23. The monoisotopic (exact) mass is 511 g/mol. The number of anilines is 1. The van der Waals surface area contributed by atoms with E-state index < -0.39 is 17.9 Å². The van der Waals surface area contributed by atoms with Crippen molar-refractivity contribution in [2.45, 2.75) is 45.6 Å². The Morgan fingerprint density at radius 3 is 2.41 bits per heavy atom. The molecule has 0 fully saturated rings. The van der Waals surface area contributed by atoms with Crippen LogP contribution in [0.5, 0.6) is 5.75 Å². The number of ether oxygens (including phenoxy) is 3. The lowest BCUT2D eigenvalue weighted by Gasteiger charge is -2.19. The van der Waals surface area contributed by atoms with Crippen LogP contribution < -0.4 is 10.5 Å². The van der Waals surface area contributed by atoms with Gasteiger partial charge < -0.3 is 19.9 Å². The van der Waals surface area contributed by atoms with E-state index in [4.69, 9.17) is 19.9 Å². The second-order valence-corrected chi connectivity index (χ2v) is 8.29. The van der Waals surface area contributed by atoms with E-state index in [2.05, 4.69) is 5.10 Å². The van der Waals surface area contributed by atoms with Gasteiger partial charge >= 0.3 is 11.9 Å². The SMILES string of the molecule is CCCC(=O)OCC(COc1cccc(C(=O)c2cnn(-c3ccc(F)cc3)c2N)c1)OC(=O)CCC. The number of hydrogen-bond acceptors (Lipinski definition) is 8. The molecule has 1 aromatic heterocycles. The molecule has 0 aliphatic heterocycles. The third-order valence-electron chi connectivity index (χ3n) is 5.29. The maximum atomic E-state index is 13.2. The van der Waals surface area contributed by atoms with E-state index in [-0.39, 0.29) is 49.2 Å². The summed E-state index contributed by atoms with van der Waals surface area (Å²) in [6.45, 7) is 3.51. The Kier molecular flexibility index (Phi) is 9.76. The molecule has 1 atom stereocenters. The van der Waals surface area contributed by atoms with Crippen molar-refractivity contribution in [3.63, 3.8) is 0 Å². The fraction of sp³-hybridized carbons (Fsp3) is 0.333. The van der Waals surface area contributed by atoms with Gasteiger partial charge in [0.25, 0.3) is 0 Å². The predicted octanol–water partition coefficient (Wildman–Crippen LogP) is 4.26. The van der Waals surface area contributed by atoms with E-state index >= 15 is 0 Å². The Morgan fingerprint density at radius 2 is 1.70 bits per heavy atom. The number of rotatable bonds is 13. The van der Waals surface area contributed by atoms with Gasteiger partial charge in [-0.25, -0.2) is 9.07 Å². The van der Waals surface area contributed by atoms with Crippen LogP contribution in [0.15, 0.2) is 54.7 Å². The molecule has 2 aromatic carbocycles. The van der Waals surface area contributed by atoms with Crippen molar-refractivity contribution in [3.05, 3.63) is 71.7 Å². The highest BCUT2D eigenvalue weighted by atomic mass is 19.1. The Morgan fingerprint density at radius 1 is 1.00 bits per heavy atom. The molecule has 0 radical (unpaired) electrons. The Hall–Kier alpha value is -4.21. The second-order valence-electron chi connectivity index (χ2n) is 8.29. The number of carbonyl (C=O) groups is 3. The van der Waals surface area contributed by atoms with Gasteiger partial charge in [0.15, 0.2) is 11.9 Å². The summed E-state index contributed by atoms with van der Waals surface area (Å²) in [6.07, 6.45) is 2.31. The van der Waals surface area contributed by atoms with Gasteiger partial charge in [0.2, 0.25) is 0 Å².